The van der Waals surface area contributed by atoms with Crippen molar-refractivity contribution >= 4 is 17.5 Å². The number of carbonyl (C=O) groups is 2. The van der Waals surface area contributed by atoms with Crippen LogP contribution in [-0.2, 0) is 20.9 Å². The Hall–Kier alpha value is -2.91. The summed E-state index contributed by atoms with van der Waals surface area (Å²) in [6, 6.07) is 7.92. The number of aryl methyl sites for hydroxylation is 1. The molecule has 31 heavy (non-hydrogen) atoms. The molecule has 2 aromatic rings. The smallest absolute Gasteiger partial charge is 0.253 e. The Morgan fingerprint density at radius 1 is 1.32 bits per heavy atom. The highest BCUT2D eigenvalue weighted by atomic mass is 16.5. The number of aromatic nitrogens is 2. The number of piperidine rings is 1. The largest absolute Gasteiger partial charge is 0.489 e. The Bertz CT molecular complexity index is 913. The SMILES string of the molecule is Cc1ccc(O[C@H]2CCCN(C(=O)Cn3cc(NC(=O)C4CC(O)CO4)cn3)C2)cc1. The van der Waals surface area contributed by atoms with Crippen molar-refractivity contribution in [3.05, 3.63) is 42.2 Å². The molecule has 0 spiro atoms. The average Bonchev–Trinajstić information content (AvgIpc) is 3.39. The van der Waals surface area contributed by atoms with Gasteiger partial charge in [0.1, 0.15) is 24.5 Å². The van der Waals surface area contributed by atoms with Crippen molar-refractivity contribution < 1.29 is 24.2 Å². The van der Waals surface area contributed by atoms with Gasteiger partial charge in [-0.1, -0.05) is 17.7 Å². The summed E-state index contributed by atoms with van der Waals surface area (Å²) in [6.07, 6.45) is 3.87. The summed E-state index contributed by atoms with van der Waals surface area (Å²) in [6.45, 7) is 3.52. The Morgan fingerprint density at radius 2 is 2.13 bits per heavy atom. The number of likely N-dealkylation sites (tertiary alicyclic amines) is 1. The van der Waals surface area contributed by atoms with Crippen LogP contribution in [0.4, 0.5) is 5.69 Å². The van der Waals surface area contributed by atoms with Crippen LogP contribution in [0.2, 0.25) is 0 Å². The molecule has 2 N–H and O–H groups in total. The van der Waals surface area contributed by atoms with E-state index >= 15 is 0 Å². The van der Waals surface area contributed by atoms with E-state index in [2.05, 4.69) is 10.4 Å². The molecule has 9 nitrogen and oxygen atoms in total. The van der Waals surface area contributed by atoms with Crippen LogP contribution in [0.5, 0.6) is 5.75 Å². The van der Waals surface area contributed by atoms with E-state index in [-0.39, 0.29) is 37.5 Å². The molecule has 4 rings (SSSR count). The van der Waals surface area contributed by atoms with Crippen molar-refractivity contribution in [3.63, 3.8) is 0 Å². The number of hydrogen-bond acceptors (Lipinski definition) is 6. The van der Waals surface area contributed by atoms with Crippen LogP contribution in [0.25, 0.3) is 0 Å². The number of nitrogens with one attached hydrogen (secondary N) is 1. The predicted molar refractivity (Wildman–Crippen MR) is 113 cm³/mol. The van der Waals surface area contributed by atoms with E-state index in [1.807, 2.05) is 31.2 Å². The summed E-state index contributed by atoms with van der Waals surface area (Å²) in [4.78, 5) is 26.7. The number of nitrogens with zero attached hydrogens (tertiary/aromatic N) is 3. The first-order chi connectivity index (χ1) is 15.0. The van der Waals surface area contributed by atoms with Crippen molar-refractivity contribution in [1.29, 1.82) is 0 Å². The van der Waals surface area contributed by atoms with Crippen LogP contribution >= 0.6 is 0 Å². The molecule has 2 saturated heterocycles. The third-order valence-corrected chi connectivity index (χ3v) is 5.52. The summed E-state index contributed by atoms with van der Waals surface area (Å²) in [5.41, 5.74) is 1.66. The van der Waals surface area contributed by atoms with Crippen molar-refractivity contribution in [2.75, 3.05) is 25.0 Å². The number of ether oxygens (including phenoxy) is 2. The molecule has 2 unspecified atom stereocenters. The number of rotatable bonds is 6. The maximum atomic E-state index is 12.8. The summed E-state index contributed by atoms with van der Waals surface area (Å²) < 4.78 is 12.8. The molecule has 3 heterocycles. The van der Waals surface area contributed by atoms with Crippen LogP contribution in [0.1, 0.15) is 24.8 Å². The lowest BCUT2D eigenvalue weighted by molar-refractivity contribution is -0.134. The summed E-state index contributed by atoms with van der Waals surface area (Å²) in [5.74, 6) is 0.450. The third-order valence-electron chi connectivity index (χ3n) is 5.52. The minimum atomic E-state index is -0.668. The highest BCUT2D eigenvalue weighted by molar-refractivity contribution is 5.94. The van der Waals surface area contributed by atoms with Crippen molar-refractivity contribution in [3.8, 4) is 5.75 Å². The van der Waals surface area contributed by atoms with Gasteiger partial charge in [0.2, 0.25) is 5.91 Å². The summed E-state index contributed by atoms with van der Waals surface area (Å²) >= 11 is 0. The summed E-state index contributed by atoms with van der Waals surface area (Å²) in [5, 5.41) is 16.4. The molecule has 1 aromatic carbocycles. The van der Waals surface area contributed by atoms with Crippen LogP contribution in [-0.4, -0.2) is 69.6 Å². The maximum Gasteiger partial charge on any atom is 0.253 e. The second-order valence-corrected chi connectivity index (χ2v) is 8.16. The number of hydrogen-bond donors (Lipinski definition) is 2. The fourth-order valence-electron chi connectivity index (χ4n) is 3.84. The van der Waals surface area contributed by atoms with Gasteiger partial charge in [-0.2, -0.15) is 5.10 Å². The van der Waals surface area contributed by atoms with Gasteiger partial charge in [-0.05, 0) is 31.9 Å². The lowest BCUT2D eigenvalue weighted by atomic mass is 10.1. The van der Waals surface area contributed by atoms with Crippen LogP contribution in [0, 0.1) is 6.92 Å². The van der Waals surface area contributed by atoms with E-state index in [0.717, 1.165) is 18.6 Å². The molecule has 1 aromatic heterocycles. The molecule has 2 aliphatic heterocycles. The molecule has 2 aliphatic rings. The molecule has 0 aliphatic carbocycles. The lowest BCUT2D eigenvalue weighted by Gasteiger charge is -2.33. The minimum Gasteiger partial charge on any atom is -0.489 e. The van der Waals surface area contributed by atoms with Crippen LogP contribution in [0.3, 0.4) is 0 Å². The lowest BCUT2D eigenvalue weighted by Crippen LogP contribution is -2.45. The van der Waals surface area contributed by atoms with Gasteiger partial charge in [-0.3, -0.25) is 14.3 Å². The van der Waals surface area contributed by atoms with Gasteiger partial charge >= 0.3 is 0 Å². The predicted octanol–water partition coefficient (Wildman–Crippen LogP) is 1.35. The first-order valence-corrected chi connectivity index (χ1v) is 10.6. The molecule has 0 saturated carbocycles. The topological polar surface area (TPSA) is 106 Å². The zero-order chi connectivity index (χ0) is 21.8. The van der Waals surface area contributed by atoms with E-state index in [1.165, 1.54) is 16.4 Å². The normalized spacial score (nSPS) is 23.5. The first kappa shape index (κ1) is 21.3. The quantitative estimate of drug-likeness (QED) is 0.720. The van der Waals surface area contributed by atoms with Crippen molar-refractivity contribution in [1.82, 2.24) is 14.7 Å². The van der Waals surface area contributed by atoms with Gasteiger partial charge in [0.25, 0.3) is 5.91 Å². The monoisotopic (exact) mass is 428 g/mol. The van der Waals surface area contributed by atoms with Gasteiger partial charge in [0, 0.05) is 19.2 Å². The maximum absolute atomic E-state index is 12.8. The van der Waals surface area contributed by atoms with Gasteiger partial charge in [-0.15, -0.1) is 0 Å². The molecule has 3 atom stereocenters. The zero-order valence-electron chi connectivity index (χ0n) is 17.6. The standard InChI is InChI=1S/C22H28N4O5/c1-15-4-6-18(7-5-15)31-19-3-2-8-25(12-19)21(28)13-26-11-16(10-23-26)24-22(29)20-9-17(27)14-30-20/h4-7,10-11,17,19-20,27H,2-3,8-9,12-14H2,1H3,(H,24,29)/t17?,19-,20?/m0/s1. The molecule has 2 fully saturated rings. The number of anilines is 1. The number of aliphatic hydroxyl groups is 1. The highest BCUT2D eigenvalue weighted by Gasteiger charge is 2.30. The Labute approximate surface area is 180 Å². The fourth-order valence-corrected chi connectivity index (χ4v) is 3.84. The second-order valence-electron chi connectivity index (χ2n) is 8.16. The van der Waals surface area contributed by atoms with Crippen molar-refractivity contribution in [2.24, 2.45) is 0 Å². The van der Waals surface area contributed by atoms with E-state index in [4.69, 9.17) is 9.47 Å². The Kier molecular flexibility index (Phi) is 6.53. The van der Waals surface area contributed by atoms with Gasteiger partial charge in [-0.25, -0.2) is 0 Å². The molecule has 9 heteroatoms. The molecule has 2 amide bonds. The van der Waals surface area contributed by atoms with E-state index in [1.54, 1.807) is 11.1 Å². The Balaban J connectivity index is 1.28. The Morgan fingerprint density at radius 3 is 2.87 bits per heavy atom. The van der Waals surface area contributed by atoms with Gasteiger partial charge in [0.05, 0.1) is 31.1 Å². The van der Waals surface area contributed by atoms with Crippen LogP contribution < -0.4 is 10.1 Å². The van der Waals surface area contributed by atoms with Gasteiger partial charge in [0.15, 0.2) is 0 Å². The number of carbonyl (C=O) groups excluding carboxylic acids is 2. The fraction of sp³-hybridized carbons (Fsp3) is 0.500. The highest BCUT2D eigenvalue weighted by Crippen LogP contribution is 2.20. The van der Waals surface area contributed by atoms with E-state index in [0.29, 0.717) is 18.8 Å². The minimum absolute atomic E-state index is 0.0327. The second kappa shape index (κ2) is 9.49. The third kappa shape index (κ3) is 5.62. The van der Waals surface area contributed by atoms with E-state index in [9.17, 15) is 14.7 Å². The van der Waals surface area contributed by atoms with Gasteiger partial charge < -0.3 is 24.8 Å². The number of benzene rings is 1. The number of amides is 2. The summed E-state index contributed by atoms with van der Waals surface area (Å²) in [7, 11) is 0. The van der Waals surface area contributed by atoms with Crippen LogP contribution in [0.15, 0.2) is 36.7 Å². The van der Waals surface area contributed by atoms with E-state index < -0.39 is 12.2 Å². The molecular weight excluding hydrogens is 400 g/mol. The number of aliphatic hydroxyl groups excluding tert-OH is 1. The first-order valence-electron chi connectivity index (χ1n) is 10.6. The molecule has 166 valence electrons. The molecule has 0 radical (unpaired) electrons. The molecule has 0 bridgehead atoms. The molecular formula is C22H28N4O5. The zero-order valence-corrected chi connectivity index (χ0v) is 17.6. The van der Waals surface area contributed by atoms with Crippen molar-refractivity contribution in [2.45, 2.75) is 51.0 Å². The average molecular weight is 428 g/mol.